The zero-order chi connectivity index (χ0) is 14.8. The average molecular weight is 292 g/mol. The van der Waals surface area contributed by atoms with Gasteiger partial charge in [-0.3, -0.25) is 0 Å². The minimum Gasteiger partial charge on any atom is -0.303 e. The molecule has 0 bridgehead atoms. The van der Waals surface area contributed by atoms with Crippen molar-refractivity contribution in [3.05, 3.63) is 51.7 Å². The van der Waals surface area contributed by atoms with Crippen molar-refractivity contribution in [3.63, 3.8) is 0 Å². The molecule has 0 fully saturated rings. The summed E-state index contributed by atoms with van der Waals surface area (Å²) in [5.74, 6) is -0.155. The lowest BCUT2D eigenvalue weighted by molar-refractivity contribution is 0.326. The van der Waals surface area contributed by atoms with Crippen LogP contribution in [0, 0.1) is 12.7 Å². The summed E-state index contributed by atoms with van der Waals surface area (Å²) in [6.07, 6.45) is 0.588. The highest BCUT2D eigenvalue weighted by atomic mass is 32.1. The van der Waals surface area contributed by atoms with Crippen molar-refractivity contribution in [2.45, 2.75) is 45.7 Å². The zero-order valence-corrected chi connectivity index (χ0v) is 13.2. The Kier molecular flexibility index (Phi) is 4.55. The lowest BCUT2D eigenvalue weighted by atomic mass is 9.92. The van der Waals surface area contributed by atoms with Crippen molar-refractivity contribution in [1.82, 2.24) is 10.3 Å². The van der Waals surface area contributed by atoms with Crippen LogP contribution in [0.15, 0.2) is 29.6 Å². The normalized spacial score (nSPS) is 14.5. The molecule has 0 radical (unpaired) electrons. The van der Waals surface area contributed by atoms with Gasteiger partial charge in [-0.05, 0) is 45.7 Å². The van der Waals surface area contributed by atoms with Gasteiger partial charge in [-0.1, -0.05) is 18.2 Å². The lowest BCUT2D eigenvalue weighted by Gasteiger charge is -2.31. The zero-order valence-electron chi connectivity index (χ0n) is 12.4. The SMILES string of the molecule is Cc1csc(C(C)(Cc2ccccc2F)NC(C)C)n1. The van der Waals surface area contributed by atoms with Gasteiger partial charge in [0, 0.05) is 17.1 Å². The molecule has 0 aliphatic carbocycles. The molecule has 108 valence electrons. The van der Waals surface area contributed by atoms with Crippen LogP contribution >= 0.6 is 11.3 Å². The number of thiazole rings is 1. The highest BCUT2D eigenvalue weighted by Crippen LogP contribution is 2.29. The summed E-state index contributed by atoms with van der Waals surface area (Å²) >= 11 is 1.63. The Morgan fingerprint density at radius 3 is 2.60 bits per heavy atom. The Hall–Kier alpha value is -1.26. The Morgan fingerprint density at radius 1 is 1.35 bits per heavy atom. The van der Waals surface area contributed by atoms with Crippen LogP contribution in [-0.2, 0) is 12.0 Å². The van der Waals surface area contributed by atoms with Gasteiger partial charge in [0.2, 0.25) is 0 Å². The second kappa shape index (κ2) is 6.02. The first-order valence-electron chi connectivity index (χ1n) is 6.84. The van der Waals surface area contributed by atoms with Crippen molar-refractivity contribution in [3.8, 4) is 0 Å². The molecule has 1 heterocycles. The topological polar surface area (TPSA) is 24.9 Å². The van der Waals surface area contributed by atoms with E-state index in [4.69, 9.17) is 0 Å². The summed E-state index contributed by atoms with van der Waals surface area (Å²) < 4.78 is 13.9. The third-order valence-corrected chi connectivity index (χ3v) is 4.42. The molecule has 0 spiro atoms. The predicted molar refractivity (Wildman–Crippen MR) is 82.6 cm³/mol. The molecule has 2 aromatic rings. The number of hydrogen-bond donors (Lipinski definition) is 1. The van der Waals surface area contributed by atoms with Gasteiger partial charge in [-0.15, -0.1) is 11.3 Å². The van der Waals surface area contributed by atoms with E-state index in [0.717, 1.165) is 16.3 Å². The van der Waals surface area contributed by atoms with Gasteiger partial charge in [0.05, 0.1) is 5.54 Å². The van der Waals surface area contributed by atoms with E-state index in [1.165, 1.54) is 6.07 Å². The van der Waals surface area contributed by atoms with Crippen molar-refractivity contribution >= 4 is 11.3 Å². The third-order valence-electron chi connectivity index (χ3n) is 3.20. The first kappa shape index (κ1) is 15.1. The van der Waals surface area contributed by atoms with E-state index >= 15 is 0 Å². The molecule has 1 aromatic heterocycles. The summed E-state index contributed by atoms with van der Waals surface area (Å²) in [6.45, 7) is 8.27. The molecular formula is C16H21FN2S. The Bertz CT molecular complexity index is 579. The smallest absolute Gasteiger partial charge is 0.126 e. The number of hydrogen-bond acceptors (Lipinski definition) is 3. The van der Waals surface area contributed by atoms with Crippen LogP contribution in [0.25, 0.3) is 0 Å². The number of benzene rings is 1. The number of nitrogens with one attached hydrogen (secondary N) is 1. The fourth-order valence-electron chi connectivity index (χ4n) is 2.46. The molecule has 20 heavy (non-hydrogen) atoms. The molecule has 4 heteroatoms. The van der Waals surface area contributed by atoms with E-state index in [2.05, 4.69) is 31.1 Å². The summed E-state index contributed by atoms with van der Waals surface area (Å²) in [6, 6.07) is 7.26. The van der Waals surface area contributed by atoms with Crippen molar-refractivity contribution < 1.29 is 4.39 Å². The van der Waals surface area contributed by atoms with Crippen molar-refractivity contribution in [2.75, 3.05) is 0 Å². The van der Waals surface area contributed by atoms with Crippen LogP contribution < -0.4 is 5.32 Å². The molecule has 0 aliphatic heterocycles. The highest BCUT2D eigenvalue weighted by molar-refractivity contribution is 7.09. The number of aromatic nitrogens is 1. The predicted octanol–water partition coefficient (Wildman–Crippen LogP) is 4.05. The van der Waals surface area contributed by atoms with Crippen LogP contribution in [0.4, 0.5) is 4.39 Å². The van der Waals surface area contributed by atoms with Crippen molar-refractivity contribution in [1.29, 1.82) is 0 Å². The third kappa shape index (κ3) is 3.44. The van der Waals surface area contributed by atoms with Gasteiger partial charge >= 0.3 is 0 Å². The Labute approximate surface area is 124 Å². The van der Waals surface area contributed by atoms with E-state index in [0.29, 0.717) is 12.5 Å². The summed E-state index contributed by atoms with van der Waals surface area (Å²) in [4.78, 5) is 4.60. The van der Waals surface area contributed by atoms with Gasteiger partial charge < -0.3 is 5.32 Å². The molecule has 2 nitrogen and oxygen atoms in total. The second-order valence-corrected chi connectivity index (χ2v) is 6.55. The molecule has 0 aliphatic rings. The maximum atomic E-state index is 13.9. The summed E-state index contributed by atoms with van der Waals surface area (Å²) in [5, 5.41) is 6.59. The van der Waals surface area contributed by atoms with Crippen LogP contribution in [0.1, 0.15) is 37.0 Å². The summed E-state index contributed by atoms with van der Waals surface area (Å²) in [5.41, 5.74) is 1.38. The highest BCUT2D eigenvalue weighted by Gasteiger charge is 2.31. The molecular weight excluding hydrogens is 271 g/mol. The Balaban J connectivity index is 2.35. The fourth-order valence-corrected chi connectivity index (χ4v) is 3.38. The minimum atomic E-state index is -0.352. The summed E-state index contributed by atoms with van der Waals surface area (Å²) in [7, 11) is 0. The number of rotatable bonds is 5. The van der Waals surface area contributed by atoms with Crippen LogP contribution in [0.2, 0.25) is 0 Å². The van der Waals surface area contributed by atoms with Gasteiger partial charge in [0.1, 0.15) is 10.8 Å². The molecule has 1 N–H and O–H groups in total. The molecule has 1 unspecified atom stereocenters. The first-order chi connectivity index (χ1) is 9.40. The van der Waals surface area contributed by atoms with Gasteiger partial charge in [-0.2, -0.15) is 0 Å². The molecule has 0 amide bonds. The molecule has 2 rings (SSSR count). The quantitative estimate of drug-likeness (QED) is 0.899. The van der Waals surface area contributed by atoms with E-state index in [1.807, 2.05) is 24.4 Å². The van der Waals surface area contributed by atoms with E-state index in [-0.39, 0.29) is 11.4 Å². The molecule has 1 atom stereocenters. The number of nitrogens with zero attached hydrogens (tertiary/aromatic N) is 1. The van der Waals surface area contributed by atoms with Gasteiger partial charge in [-0.25, -0.2) is 9.37 Å². The van der Waals surface area contributed by atoms with Crippen LogP contribution in [0.3, 0.4) is 0 Å². The van der Waals surface area contributed by atoms with E-state index < -0.39 is 0 Å². The largest absolute Gasteiger partial charge is 0.303 e. The van der Waals surface area contributed by atoms with Gasteiger partial charge in [0.25, 0.3) is 0 Å². The maximum absolute atomic E-state index is 13.9. The standard InChI is InChI=1S/C16H21FN2S/c1-11(2)19-16(4,15-18-12(3)10-20-15)9-13-7-5-6-8-14(13)17/h5-8,10-11,19H,9H2,1-4H3. The maximum Gasteiger partial charge on any atom is 0.126 e. The van der Waals surface area contributed by atoms with Crippen LogP contribution in [-0.4, -0.2) is 11.0 Å². The van der Waals surface area contributed by atoms with E-state index in [1.54, 1.807) is 17.4 Å². The second-order valence-electron chi connectivity index (χ2n) is 5.69. The van der Waals surface area contributed by atoms with Crippen molar-refractivity contribution in [2.24, 2.45) is 0 Å². The first-order valence-corrected chi connectivity index (χ1v) is 7.72. The molecule has 0 saturated carbocycles. The number of aryl methyl sites for hydroxylation is 1. The van der Waals surface area contributed by atoms with Crippen LogP contribution in [0.5, 0.6) is 0 Å². The molecule has 0 saturated heterocycles. The Morgan fingerprint density at radius 2 is 2.05 bits per heavy atom. The van der Waals surface area contributed by atoms with E-state index in [9.17, 15) is 4.39 Å². The number of halogens is 1. The lowest BCUT2D eigenvalue weighted by Crippen LogP contribution is -2.45. The average Bonchev–Trinajstić information content (AvgIpc) is 2.79. The molecule has 1 aromatic carbocycles. The fraction of sp³-hybridized carbons (Fsp3) is 0.438. The monoisotopic (exact) mass is 292 g/mol. The van der Waals surface area contributed by atoms with Gasteiger partial charge in [0.15, 0.2) is 0 Å². The minimum absolute atomic E-state index is 0.155.